The Bertz CT molecular complexity index is 241. The van der Waals surface area contributed by atoms with Crippen LogP contribution in [0.25, 0.3) is 0 Å². The fourth-order valence-corrected chi connectivity index (χ4v) is 4.48. The van der Waals surface area contributed by atoms with Crippen molar-refractivity contribution in [1.82, 2.24) is 15.1 Å². The van der Waals surface area contributed by atoms with Gasteiger partial charge in [-0.05, 0) is 45.9 Å². The Morgan fingerprint density at radius 1 is 1.22 bits per heavy atom. The average molecular weight is 271 g/mol. The van der Waals surface area contributed by atoms with Gasteiger partial charge in [0.2, 0.25) is 0 Å². The Morgan fingerprint density at radius 2 is 1.94 bits per heavy atom. The van der Waals surface area contributed by atoms with Gasteiger partial charge in [0.25, 0.3) is 0 Å². The first kappa shape index (κ1) is 14.6. The number of hydrogen-bond acceptors (Lipinski definition) is 4. The summed E-state index contributed by atoms with van der Waals surface area (Å²) in [4.78, 5) is 5.05. The van der Waals surface area contributed by atoms with Crippen molar-refractivity contribution >= 4 is 11.8 Å². The van der Waals surface area contributed by atoms with Crippen molar-refractivity contribution in [2.24, 2.45) is 5.92 Å². The predicted octanol–water partition coefficient (Wildman–Crippen LogP) is 1.35. The van der Waals surface area contributed by atoms with E-state index in [1.807, 2.05) is 0 Å². The molecule has 3 nitrogen and oxygen atoms in total. The van der Waals surface area contributed by atoms with Gasteiger partial charge in [-0.3, -0.25) is 0 Å². The Labute approximate surface area is 117 Å². The Morgan fingerprint density at radius 3 is 2.56 bits per heavy atom. The normalized spacial score (nSPS) is 31.3. The van der Waals surface area contributed by atoms with Gasteiger partial charge in [0.1, 0.15) is 0 Å². The fraction of sp³-hybridized carbons (Fsp3) is 1.00. The first-order valence-electron chi connectivity index (χ1n) is 7.38. The SMILES string of the molecule is CC1CN(CCSC2CCNCC2)CC1N(C)C. The third-order valence-corrected chi connectivity index (χ3v) is 5.72. The second-order valence-electron chi connectivity index (χ2n) is 6.09. The molecule has 0 radical (unpaired) electrons. The summed E-state index contributed by atoms with van der Waals surface area (Å²) in [5, 5.41) is 4.35. The zero-order chi connectivity index (χ0) is 13.0. The van der Waals surface area contributed by atoms with E-state index in [0.29, 0.717) is 0 Å². The molecule has 0 bridgehead atoms. The number of likely N-dealkylation sites (tertiary alicyclic amines) is 1. The molecule has 18 heavy (non-hydrogen) atoms. The van der Waals surface area contributed by atoms with E-state index in [9.17, 15) is 0 Å². The summed E-state index contributed by atoms with van der Waals surface area (Å²) in [7, 11) is 4.43. The van der Waals surface area contributed by atoms with Crippen LogP contribution in [0.5, 0.6) is 0 Å². The van der Waals surface area contributed by atoms with Crippen molar-refractivity contribution in [2.75, 3.05) is 52.6 Å². The maximum Gasteiger partial charge on any atom is 0.0254 e. The third kappa shape index (κ3) is 4.12. The molecule has 2 atom stereocenters. The van der Waals surface area contributed by atoms with Crippen LogP contribution >= 0.6 is 11.8 Å². The zero-order valence-electron chi connectivity index (χ0n) is 12.2. The quantitative estimate of drug-likeness (QED) is 0.813. The molecule has 2 saturated heterocycles. The lowest BCUT2D eigenvalue weighted by molar-refractivity contribution is 0.255. The second kappa shape index (κ2) is 7.13. The first-order chi connectivity index (χ1) is 8.66. The molecular formula is C14H29N3S. The van der Waals surface area contributed by atoms with E-state index in [1.165, 1.54) is 51.3 Å². The maximum absolute atomic E-state index is 3.44. The molecule has 1 N–H and O–H groups in total. The summed E-state index contributed by atoms with van der Waals surface area (Å²) in [5.41, 5.74) is 0. The van der Waals surface area contributed by atoms with Crippen LogP contribution in [0.3, 0.4) is 0 Å². The van der Waals surface area contributed by atoms with Crippen LogP contribution in [0.4, 0.5) is 0 Å². The monoisotopic (exact) mass is 271 g/mol. The fourth-order valence-electron chi connectivity index (χ4n) is 3.21. The lowest BCUT2D eigenvalue weighted by Gasteiger charge is -2.24. The molecule has 2 aliphatic rings. The minimum atomic E-state index is 0.758. The summed E-state index contributed by atoms with van der Waals surface area (Å²) in [6.07, 6.45) is 2.72. The van der Waals surface area contributed by atoms with E-state index in [0.717, 1.165) is 17.2 Å². The van der Waals surface area contributed by atoms with Gasteiger partial charge in [-0.15, -0.1) is 0 Å². The highest BCUT2D eigenvalue weighted by atomic mass is 32.2. The van der Waals surface area contributed by atoms with Gasteiger partial charge in [-0.1, -0.05) is 6.92 Å². The standard InChI is InChI=1S/C14H29N3S/c1-12-10-17(11-14(12)16(2)3)8-9-18-13-4-6-15-7-5-13/h12-15H,4-11H2,1-3H3. The number of likely N-dealkylation sites (N-methyl/N-ethyl adjacent to an activating group) is 1. The van der Waals surface area contributed by atoms with Crippen LogP contribution in [0.1, 0.15) is 19.8 Å². The highest BCUT2D eigenvalue weighted by Gasteiger charge is 2.30. The second-order valence-corrected chi connectivity index (χ2v) is 7.50. The minimum Gasteiger partial charge on any atom is -0.317 e. The molecule has 4 heteroatoms. The summed E-state index contributed by atoms with van der Waals surface area (Å²) >= 11 is 2.20. The van der Waals surface area contributed by atoms with E-state index >= 15 is 0 Å². The lowest BCUT2D eigenvalue weighted by Crippen LogP contribution is -2.34. The molecule has 0 amide bonds. The summed E-state index contributed by atoms with van der Waals surface area (Å²) in [6, 6.07) is 0.758. The summed E-state index contributed by atoms with van der Waals surface area (Å²) in [5.74, 6) is 2.14. The Hall–Kier alpha value is 0.230. The van der Waals surface area contributed by atoms with Crippen molar-refractivity contribution < 1.29 is 0 Å². The topological polar surface area (TPSA) is 18.5 Å². The van der Waals surface area contributed by atoms with E-state index in [1.54, 1.807) is 0 Å². The Balaban J connectivity index is 1.62. The van der Waals surface area contributed by atoms with Gasteiger partial charge in [0.05, 0.1) is 0 Å². The van der Waals surface area contributed by atoms with Crippen molar-refractivity contribution in [3.63, 3.8) is 0 Å². The first-order valence-corrected chi connectivity index (χ1v) is 8.43. The zero-order valence-corrected chi connectivity index (χ0v) is 13.0. The lowest BCUT2D eigenvalue weighted by atomic mass is 10.1. The van der Waals surface area contributed by atoms with Crippen molar-refractivity contribution in [1.29, 1.82) is 0 Å². The average Bonchev–Trinajstić information content (AvgIpc) is 2.72. The minimum absolute atomic E-state index is 0.758. The molecule has 0 spiro atoms. The van der Waals surface area contributed by atoms with Crippen molar-refractivity contribution in [2.45, 2.75) is 31.1 Å². The van der Waals surface area contributed by atoms with E-state index in [-0.39, 0.29) is 0 Å². The van der Waals surface area contributed by atoms with Gasteiger partial charge < -0.3 is 15.1 Å². The highest BCUT2D eigenvalue weighted by molar-refractivity contribution is 7.99. The van der Waals surface area contributed by atoms with Crippen LogP contribution in [-0.2, 0) is 0 Å². The van der Waals surface area contributed by atoms with Gasteiger partial charge in [0, 0.05) is 36.7 Å². The molecule has 106 valence electrons. The van der Waals surface area contributed by atoms with Gasteiger partial charge >= 0.3 is 0 Å². The van der Waals surface area contributed by atoms with Crippen molar-refractivity contribution in [3.05, 3.63) is 0 Å². The van der Waals surface area contributed by atoms with Crippen LogP contribution in [0, 0.1) is 5.92 Å². The molecule has 0 aromatic heterocycles. The van der Waals surface area contributed by atoms with Crippen LogP contribution in [0.2, 0.25) is 0 Å². The highest BCUT2D eigenvalue weighted by Crippen LogP contribution is 2.23. The van der Waals surface area contributed by atoms with E-state index in [2.05, 4.69) is 47.9 Å². The van der Waals surface area contributed by atoms with Gasteiger partial charge in [0.15, 0.2) is 0 Å². The molecule has 2 fully saturated rings. The third-order valence-electron chi connectivity index (χ3n) is 4.36. The number of hydrogen-bond donors (Lipinski definition) is 1. The molecule has 0 saturated carbocycles. The molecule has 0 aliphatic carbocycles. The largest absolute Gasteiger partial charge is 0.317 e. The summed E-state index contributed by atoms with van der Waals surface area (Å²) in [6.45, 7) is 8.67. The molecule has 0 aromatic carbocycles. The van der Waals surface area contributed by atoms with Gasteiger partial charge in [-0.2, -0.15) is 11.8 Å². The predicted molar refractivity (Wildman–Crippen MR) is 81.4 cm³/mol. The van der Waals surface area contributed by atoms with Crippen LogP contribution in [0.15, 0.2) is 0 Å². The summed E-state index contributed by atoms with van der Waals surface area (Å²) < 4.78 is 0. The molecule has 2 aliphatic heterocycles. The van der Waals surface area contributed by atoms with Crippen LogP contribution < -0.4 is 5.32 Å². The van der Waals surface area contributed by atoms with Gasteiger partial charge in [-0.25, -0.2) is 0 Å². The van der Waals surface area contributed by atoms with E-state index < -0.39 is 0 Å². The molecule has 2 rings (SSSR count). The number of rotatable bonds is 5. The number of nitrogens with zero attached hydrogens (tertiary/aromatic N) is 2. The molecule has 0 aromatic rings. The Kier molecular flexibility index (Phi) is 5.80. The number of nitrogens with one attached hydrogen (secondary N) is 1. The molecular weight excluding hydrogens is 242 g/mol. The molecule has 2 heterocycles. The maximum atomic E-state index is 3.44. The van der Waals surface area contributed by atoms with Crippen molar-refractivity contribution in [3.8, 4) is 0 Å². The van der Waals surface area contributed by atoms with E-state index in [4.69, 9.17) is 0 Å². The van der Waals surface area contributed by atoms with Crippen LogP contribution in [-0.4, -0.2) is 73.7 Å². The smallest absolute Gasteiger partial charge is 0.0254 e. The number of piperidine rings is 1. The number of thioether (sulfide) groups is 1. The molecule has 2 unspecified atom stereocenters.